The predicted octanol–water partition coefficient (Wildman–Crippen LogP) is 1.19. The second-order valence-electron chi connectivity index (χ2n) is 5.34. The molecule has 0 amide bonds. The third kappa shape index (κ3) is 15.7. The number of nitrogens with one attached hydrogen (secondary N) is 1. The van der Waals surface area contributed by atoms with Crippen LogP contribution in [0.1, 0.15) is 25.1 Å². The maximum Gasteiger partial charge on any atom is 0.414 e. The summed E-state index contributed by atoms with van der Waals surface area (Å²) < 4.78 is 10.9. The number of carboxylic acid groups (broad SMARTS) is 2. The van der Waals surface area contributed by atoms with Gasteiger partial charge in [-0.15, -0.1) is 11.3 Å². The average Bonchev–Trinajstić information content (AvgIpc) is 3.04. The van der Waals surface area contributed by atoms with E-state index in [1.54, 1.807) is 11.3 Å². The Hall–Kier alpha value is -1.52. The zero-order chi connectivity index (χ0) is 19.1. The fourth-order valence-electron chi connectivity index (χ4n) is 1.53. The van der Waals surface area contributed by atoms with Gasteiger partial charge in [-0.1, -0.05) is 6.07 Å². The molecule has 9 heteroatoms. The molecule has 0 saturated heterocycles. The first-order valence-electron chi connectivity index (χ1n) is 7.89. The number of aliphatic carboxylic acids is 2. The maximum absolute atomic E-state index is 9.71. The first-order valence-corrected chi connectivity index (χ1v) is 8.77. The molecular weight excluding hydrogens is 350 g/mol. The van der Waals surface area contributed by atoms with Gasteiger partial charge in [0.25, 0.3) is 0 Å². The molecule has 25 heavy (non-hydrogen) atoms. The van der Waals surface area contributed by atoms with E-state index in [-0.39, 0.29) is 6.10 Å². The minimum atomic E-state index is -1.82. The smallest absolute Gasteiger partial charge is 0.414 e. The summed E-state index contributed by atoms with van der Waals surface area (Å²) in [5, 5.41) is 29.7. The summed E-state index contributed by atoms with van der Waals surface area (Å²) in [7, 11) is 0. The summed E-state index contributed by atoms with van der Waals surface area (Å²) in [6.07, 6.45) is 0.795. The lowest BCUT2D eigenvalue weighted by Gasteiger charge is -2.12. The van der Waals surface area contributed by atoms with Crippen molar-refractivity contribution in [1.29, 1.82) is 0 Å². The summed E-state index contributed by atoms with van der Waals surface area (Å²) in [6, 6.07) is 4.03. The minimum absolute atomic E-state index is 0.288. The maximum atomic E-state index is 9.71. The van der Waals surface area contributed by atoms with Gasteiger partial charge in [0.05, 0.1) is 25.4 Å². The second-order valence-corrected chi connectivity index (χ2v) is 6.37. The highest BCUT2D eigenvalue weighted by atomic mass is 32.1. The first kappa shape index (κ1) is 23.5. The first-order chi connectivity index (χ1) is 11.8. The third-order valence-corrected chi connectivity index (χ3v) is 3.50. The summed E-state index contributed by atoms with van der Waals surface area (Å²) in [4.78, 5) is 19.4. The highest BCUT2D eigenvalue weighted by Crippen LogP contribution is 2.09. The Kier molecular flexibility index (Phi) is 13.9. The van der Waals surface area contributed by atoms with Crippen LogP contribution < -0.4 is 5.32 Å². The van der Waals surface area contributed by atoms with Crippen molar-refractivity contribution < 1.29 is 34.4 Å². The van der Waals surface area contributed by atoms with Crippen molar-refractivity contribution in [2.75, 3.05) is 26.3 Å². The molecule has 1 aromatic heterocycles. The quantitative estimate of drug-likeness (QED) is 0.335. The van der Waals surface area contributed by atoms with Crippen molar-refractivity contribution in [3.8, 4) is 0 Å². The summed E-state index contributed by atoms with van der Waals surface area (Å²) in [5.41, 5.74) is 0. The summed E-state index contributed by atoms with van der Waals surface area (Å²) >= 11 is 1.67. The zero-order valence-corrected chi connectivity index (χ0v) is 15.3. The van der Waals surface area contributed by atoms with Crippen LogP contribution in [-0.2, 0) is 25.7 Å². The number of aliphatic hydroxyl groups is 1. The zero-order valence-electron chi connectivity index (χ0n) is 14.5. The molecule has 1 aromatic rings. The fourth-order valence-corrected chi connectivity index (χ4v) is 2.17. The van der Waals surface area contributed by atoms with Crippen molar-refractivity contribution >= 4 is 23.3 Å². The Morgan fingerprint density at radius 3 is 2.48 bits per heavy atom. The van der Waals surface area contributed by atoms with Gasteiger partial charge < -0.3 is 30.1 Å². The SMILES string of the molecule is CC(C)OCCCNCC(O)COCc1cccs1.O=C(O)C(=O)O. The molecule has 0 radical (unpaired) electrons. The van der Waals surface area contributed by atoms with Gasteiger partial charge in [0.15, 0.2) is 0 Å². The molecule has 0 bridgehead atoms. The van der Waals surface area contributed by atoms with Crippen LogP contribution in [0.2, 0.25) is 0 Å². The summed E-state index contributed by atoms with van der Waals surface area (Å²) in [6.45, 7) is 7.19. The molecular formula is C16H27NO7S. The van der Waals surface area contributed by atoms with E-state index in [1.165, 1.54) is 4.88 Å². The van der Waals surface area contributed by atoms with Gasteiger partial charge in [0, 0.05) is 18.0 Å². The molecule has 0 aliphatic carbocycles. The highest BCUT2D eigenvalue weighted by Gasteiger charge is 2.04. The summed E-state index contributed by atoms with van der Waals surface area (Å²) in [5.74, 6) is -3.65. The Morgan fingerprint density at radius 2 is 1.96 bits per heavy atom. The molecule has 8 nitrogen and oxygen atoms in total. The van der Waals surface area contributed by atoms with E-state index in [0.29, 0.717) is 19.8 Å². The third-order valence-electron chi connectivity index (χ3n) is 2.65. The molecule has 1 rings (SSSR count). The van der Waals surface area contributed by atoms with Crippen LogP contribution in [0.4, 0.5) is 0 Å². The van der Waals surface area contributed by atoms with Crippen LogP contribution in [0.3, 0.4) is 0 Å². The van der Waals surface area contributed by atoms with Gasteiger partial charge in [-0.25, -0.2) is 9.59 Å². The van der Waals surface area contributed by atoms with Crippen LogP contribution in [-0.4, -0.2) is 65.8 Å². The molecule has 0 aliphatic rings. The van der Waals surface area contributed by atoms with Crippen LogP contribution in [0.25, 0.3) is 0 Å². The van der Waals surface area contributed by atoms with Gasteiger partial charge in [-0.05, 0) is 38.3 Å². The fraction of sp³-hybridized carbons (Fsp3) is 0.625. The van der Waals surface area contributed by atoms with Crippen molar-refractivity contribution in [2.45, 2.75) is 39.1 Å². The molecule has 4 N–H and O–H groups in total. The molecule has 1 heterocycles. The molecule has 0 spiro atoms. The van der Waals surface area contributed by atoms with E-state index < -0.39 is 18.0 Å². The minimum Gasteiger partial charge on any atom is -0.473 e. The topological polar surface area (TPSA) is 125 Å². The number of thiophene rings is 1. The molecule has 1 unspecified atom stereocenters. The number of hydrogen-bond acceptors (Lipinski definition) is 7. The van der Waals surface area contributed by atoms with Crippen LogP contribution in [0, 0.1) is 0 Å². The predicted molar refractivity (Wildman–Crippen MR) is 93.8 cm³/mol. The number of aliphatic hydroxyl groups excluding tert-OH is 1. The van der Waals surface area contributed by atoms with Crippen molar-refractivity contribution in [3.05, 3.63) is 22.4 Å². The van der Waals surface area contributed by atoms with Gasteiger partial charge in [-0.3, -0.25) is 0 Å². The number of hydrogen-bond donors (Lipinski definition) is 4. The molecule has 0 aromatic carbocycles. The lowest BCUT2D eigenvalue weighted by molar-refractivity contribution is -0.159. The molecule has 1 atom stereocenters. The van der Waals surface area contributed by atoms with E-state index >= 15 is 0 Å². The number of carbonyl (C=O) groups is 2. The molecule has 144 valence electrons. The molecule has 0 fully saturated rings. The van der Waals surface area contributed by atoms with Crippen LogP contribution in [0.15, 0.2) is 17.5 Å². The Bertz CT molecular complexity index is 453. The lowest BCUT2D eigenvalue weighted by Crippen LogP contribution is -2.31. The van der Waals surface area contributed by atoms with E-state index in [9.17, 15) is 5.11 Å². The molecule has 0 saturated carbocycles. The molecule has 0 aliphatic heterocycles. The monoisotopic (exact) mass is 377 g/mol. The van der Waals surface area contributed by atoms with E-state index in [4.69, 9.17) is 29.3 Å². The highest BCUT2D eigenvalue weighted by molar-refractivity contribution is 7.09. The Labute approximate surface area is 151 Å². The number of carboxylic acids is 2. The van der Waals surface area contributed by atoms with Crippen LogP contribution >= 0.6 is 11.3 Å². The normalized spacial score (nSPS) is 11.7. The largest absolute Gasteiger partial charge is 0.473 e. The lowest BCUT2D eigenvalue weighted by atomic mass is 10.3. The van der Waals surface area contributed by atoms with Crippen molar-refractivity contribution in [3.63, 3.8) is 0 Å². The van der Waals surface area contributed by atoms with Crippen molar-refractivity contribution in [2.24, 2.45) is 0 Å². The number of rotatable bonds is 11. The van der Waals surface area contributed by atoms with Gasteiger partial charge in [0.1, 0.15) is 0 Å². The van der Waals surface area contributed by atoms with Gasteiger partial charge >= 0.3 is 11.9 Å². The van der Waals surface area contributed by atoms with Crippen LogP contribution in [0.5, 0.6) is 0 Å². The Balaban J connectivity index is 0.000000823. The average molecular weight is 377 g/mol. The Morgan fingerprint density at radius 1 is 1.28 bits per heavy atom. The van der Waals surface area contributed by atoms with E-state index in [2.05, 4.69) is 5.32 Å². The number of ether oxygens (including phenoxy) is 2. The second kappa shape index (κ2) is 14.8. The standard InChI is InChI=1S/C14H25NO3S.C2H2O4/c1-12(2)18-7-4-6-15-9-13(16)10-17-11-14-5-3-8-19-14;3-1(4)2(5)6/h3,5,8,12-13,15-16H,4,6-7,9-11H2,1-2H3;(H,3,4)(H,5,6). The van der Waals surface area contributed by atoms with E-state index in [1.807, 2.05) is 31.4 Å². The van der Waals surface area contributed by atoms with Crippen molar-refractivity contribution in [1.82, 2.24) is 5.32 Å². The van der Waals surface area contributed by atoms with E-state index in [0.717, 1.165) is 19.6 Å². The van der Waals surface area contributed by atoms with Gasteiger partial charge in [-0.2, -0.15) is 0 Å². The van der Waals surface area contributed by atoms with Gasteiger partial charge in [0.2, 0.25) is 0 Å².